The van der Waals surface area contributed by atoms with Gasteiger partial charge in [-0.1, -0.05) is 17.7 Å². The summed E-state index contributed by atoms with van der Waals surface area (Å²) in [6.45, 7) is 0.00782. The van der Waals surface area contributed by atoms with Gasteiger partial charge in [0.1, 0.15) is 0 Å². The van der Waals surface area contributed by atoms with E-state index in [1.54, 1.807) is 20.3 Å². The highest BCUT2D eigenvalue weighted by Crippen LogP contribution is 2.27. The normalized spacial score (nSPS) is 11.1. The second kappa shape index (κ2) is 9.59. The summed E-state index contributed by atoms with van der Waals surface area (Å²) in [5.41, 5.74) is 0.953. The molecule has 2 aromatic carbocycles. The molecule has 0 aliphatic carbocycles. The van der Waals surface area contributed by atoms with Gasteiger partial charge in [-0.05, 0) is 48.4 Å². The summed E-state index contributed by atoms with van der Waals surface area (Å²) in [6, 6.07) is 11.2. The first-order chi connectivity index (χ1) is 12.9. The SMILES string of the molecule is COc1ccc(CCNC(=O)CNS(=O)(=O)c2ccc(Cl)cc2)cc1OC. The van der Waals surface area contributed by atoms with Crippen LogP contribution in [-0.2, 0) is 21.2 Å². The number of halogens is 1. The zero-order valence-corrected chi connectivity index (χ0v) is 16.6. The number of hydrogen-bond acceptors (Lipinski definition) is 5. The van der Waals surface area contributed by atoms with Crippen molar-refractivity contribution in [2.75, 3.05) is 27.3 Å². The van der Waals surface area contributed by atoms with Gasteiger partial charge in [0.25, 0.3) is 0 Å². The lowest BCUT2D eigenvalue weighted by molar-refractivity contribution is -0.119. The average Bonchev–Trinajstić information content (AvgIpc) is 2.66. The quantitative estimate of drug-likeness (QED) is 0.657. The maximum Gasteiger partial charge on any atom is 0.241 e. The van der Waals surface area contributed by atoms with Crippen molar-refractivity contribution >= 4 is 27.5 Å². The van der Waals surface area contributed by atoms with E-state index in [-0.39, 0.29) is 11.4 Å². The Hall–Kier alpha value is -2.29. The molecule has 0 atom stereocenters. The predicted molar refractivity (Wildman–Crippen MR) is 103 cm³/mol. The van der Waals surface area contributed by atoms with Crippen LogP contribution in [0.15, 0.2) is 47.4 Å². The fourth-order valence-corrected chi connectivity index (χ4v) is 3.41. The standard InChI is InChI=1S/C18H21ClN2O5S/c1-25-16-8-3-13(11-17(16)26-2)9-10-20-18(22)12-21-27(23,24)15-6-4-14(19)5-7-15/h3-8,11,21H,9-10,12H2,1-2H3,(H,20,22). The van der Waals surface area contributed by atoms with Crippen molar-refractivity contribution in [2.45, 2.75) is 11.3 Å². The van der Waals surface area contributed by atoms with E-state index in [0.717, 1.165) is 5.56 Å². The molecule has 0 fully saturated rings. The minimum absolute atomic E-state index is 0.0463. The number of carbonyl (C=O) groups is 1. The zero-order valence-electron chi connectivity index (χ0n) is 15.0. The van der Waals surface area contributed by atoms with Crippen LogP contribution < -0.4 is 19.5 Å². The van der Waals surface area contributed by atoms with E-state index in [2.05, 4.69) is 10.0 Å². The summed E-state index contributed by atoms with van der Waals surface area (Å²) in [4.78, 5) is 11.9. The van der Waals surface area contributed by atoms with E-state index < -0.39 is 15.9 Å². The van der Waals surface area contributed by atoms with E-state index in [1.165, 1.54) is 24.3 Å². The first kappa shape index (κ1) is 21.0. The molecule has 0 heterocycles. The van der Waals surface area contributed by atoms with Gasteiger partial charge < -0.3 is 14.8 Å². The van der Waals surface area contributed by atoms with E-state index in [4.69, 9.17) is 21.1 Å². The number of sulfonamides is 1. The van der Waals surface area contributed by atoms with Gasteiger partial charge in [-0.25, -0.2) is 13.1 Å². The minimum Gasteiger partial charge on any atom is -0.493 e. The lowest BCUT2D eigenvalue weighted by atomic mass is 10.1. The van der Waals surface area contributed by atoms with Crippen LogP contribution >= 0.6 is 11.6 Å². The first-order valence-electron chi connectivity index (χ1n) is 8.08. The average molecular weight is 413 g/mol. The molecule has 0 saturated carbocycles. The Kier molecular flexibility index (Phi) is 7.46. The summed E-state index contributed by atoms with van der Waals surface area (Å²) >= 11 is 5.74. The first-order valence-corrected chi connectivity index (χ1v) is 9.94. The molecule has 146 valence electrons. The van der Waals surface area contributed by atoms with E-state index in [1.807, 2.05) is 12.1 Å². The largest absolute Gasteiger partial charge is 0.493 e. The van der Waals surface area contributed by atoms with Crippen LogP contribution in [0.1, 0.15) is 5.56 Å². The summed E-state index contributed by atoms with van der Waals surface area (Å²) in [5, 5.41) is 3.10. The molecule has 0 radical (unpaired) electrons. The van der Waals surface area contributed by atoms with Gasteiger partial charge in [0.2, 0.25) is 15.9 Å². The predicted octanol–water partition coefficient (Wildman–Crippen LogP) is 1.99. The van der Waals surface area contributed by atoms with Gasteiger partial charge in [0, 0.05) is 11.6 Å². The van der Waals surface area contributed by atoms with Crippen molar-refractivity contribution in [3.05, 3.63) is 53.1 Å². The van der Waals surface area contributed by atoms with Crippen molar-refractivity contribution in [1.82, 2.24) is 10.0 Å². The third-order valence-corrected chi connectivity index (χ3v) is 5.40. The Balaban J connectivity index is 1.82. The number of nitrogens with one attached hydrogen (secondary N) is 2. The Bertz CT molecular complexity index is 885. The Morgan fingerprint density at radius 3 is 2.33 bits per heavy atom. The molecular formula is C18H21ClN2O5S. The van der Waals surface area contributed by atoms with Gasteiger partial charge in [-0.2, -0.15) is 0 Å². The van der Waals surface area contributed by atoms with E-state index in [9.17, 15) is 13.2 Å². The Morgan fingerprint density at radius 1 is 1.04 bits per heavy atom. The number of hydrogen-bond donors (Lipinski definition) is 2. The van der Waals surface area contributed by atoms with Crippen molar-refractivity contribution in [1.29, 1.82) is 0 Å². The van der Waals surface area contributed by atoms with Crippen LogP contribution in [0.3, 0.4) is 0 Å². The van der Waals surface area contributed by atoms with Gasteiger partial charge in [0.05, 0.1) is 25.7 Å². The Labute approximate surface area is 163 Å². The third-order valence-electron chi connectivity index (χ3n) is 3.73. The molecule has 27 heavy (non-hydrogen) atoms. The molecule has 7 nitrogen and oxygen atoms in total. The van der Waals surface area contributed by atoms with Crippen LogP contribution in [0, 0.1) is 0 Å². The van der Waals surface area contributed by atoms with Crippen molar-refractivity contribution in [2.24, 2.45) is 0 Å². The molecular weight excluding hydrogens is 392 g/mol. The molecule has 0 aliphatic heterocycles. The topological polar surface area (TPSA) is 93.7 Å². The number of ether oxygens (including phenoxy) is 2. The van der Waals surface area contributed by atoms with E-state index >= 15 is 0 Å². The highest BCUT2D eigenvalue weighted by Gasteiger charge is 2.15. The molecule has 1 amide bonds. The molecule has 9 heteroatoms. The third kappa shape index (κ3) is 6.13. The summed E-state index contributed by atoms with van der Waals surface area (Å²) < 4.78 is 36.9. The number of carbonyl (C=O) groups excluding carboxylic acids is 1. The van der Waals surface area contributed by atoms with Gasteiger partial charge in [-0.15, -0.1) is 0 Å². The highest BCUT2D eigenvalue weighted by molar-refractivity contribution is 7.89. The van der Waals surface area contributed by atoms with E-state index in [0.29, 0.717) is 29.5 Å². The number of amides is 1. The van der Waals surface area contributed by atoms with Gasteiger partial charge in [0.15, 0.2) is 11.5 Å². The summed E-state index contributed by atoms with van der Waals surface area (Å²) in [7, 11) is -0.656. The molecule has 0 aliphatic rings. The molecule has 0 spiro atoms. The zero-order chi connectivity index (χ0) is 19.9. The lowest BCUT2D eigenvalue weighted by Crippen LogP contribution is -2.37. The summed E-state index contributed by atoms with van der Waals surface area (Å²) in [5.74, 6) is 0.812. The molecule has 2 aromatic rings. The molecule has 0 saturated heterocycles. The smallest absolute Gasteiger partial charge is 0.241 e. The minimum atomic E-state index is -3.77. The number of methoxy groups -OCH3 is 2. The van der Waals surface area contributed by atoms with Crippen LogP contribution in [0.2, 0.25) is 5.02 Å². The second-order valence-corrected chi connectivity index (χ2v) is 7.77. The van der Waals surface area contributed by atoms with Crippen LogP contribution in [0.4, 0.5) is 0 Å². The van der Waals surface area contributed by atoms with Gasteiger partial charge in [-0.3, -0.25) is 4.79 Å². The summed E-state index contributed by atoms with van der Waals surface area (Å²) in [6.07, 6.45) is 0.566. The molecule has 0 unspecified atom stereocenters. The molecule has 0 bridgehead atoms. The fraction of sp³-hybridized carbons (Fsp3) is 0.278. The molecule has 2 N–H and O–H groups in total. The maximum atomic E-state index is 12.1. The van der Waals surface area contributed by atoms with Crippen molar-refractivity contribution < 1.29 is 22.7 Å². The molecule has 0 aromatic heterocycles. The second-order valence-electron chi connectivity index (χ2n) is 5.57. The van der Waals surface area contributed by atoms with Gasteiger partial charge >= 0.3 is 0 Å². The fourth-order valence-electron chi connectivity index (χ4n) is 2.30. The van der Waals surface area contributed by atoms with Crippen LogP contribution in [0.25, 0.3) is 0 Å². The maximum absolute atomic E-state index is 12.1. The number of rotatable bonds is 9. The number of benzene rings is 2. The van der Waals surface area contributed by atoms with Crippen LogP contribution in [-0.4, -0.2) is 41.6 Å². The van der Waals surface area contributed by atoms with Crippen LogP contribution in [0.5, 0.6) is 11.5 Å². The molecule has 2 rings (SSSR count). The highest BCUT2D eigenvalue weighted by atomic mass is 35.5. The Morgan fingerprint density at radius 2 is 1.70 bits per heavy atom. The monoisotopic (exact) mass is 412 g/mol. The van der Waals surface area contributed by atoms with Crippen molar-refractivity contribution in [3.8, 4) is 11.5 Å². The lowest BCUT2D eigenvalue weighted by Gasteiger charge is -2.10. The van der Waals surface area contributed by atoms with Crippen molar-refractivity contribution in [3.63, 3.8) is 0 Å².